The van der Waals surface area contributed by atoms with E-state index in [9.17, 15) is 8.78 Å². The molecule has 1 heterocycles. The van der Waals surface area contributed by atoms with Crippen molar-refractivity contribution in [1.29, 1.82) is 0 Å². The van der Waals surface area contributed by atoms with E-state index in [1.165, 1.54) is 12.1 Å². The molecule has 0 spiro atoms. The topological polar surface area (TPSA) is 24.1 Å². The van der Waals surface area contributed by atoms with Gasteiger partial charge in [-0.05, 0) is 11.6 Å². The number of fused-ring (bicyclic) bond motifs is 1. The lowest BCUT2D eigenvalue weighted by atomic mass is 10.1. The molecule has 2 rings (SSSR count). The van der Waals surface area contributed by atoms with Crippen LogP contribution in [0.1, 0.15) is 5.56 Å². The van der Waals surface area contributed by atoms with Gasteiger partial charge in [-0.1, -0.05) is 0 Å². The Morgan fingerprint density at radius 2 is 1.67 bits per heavy atom. The molecule has 0 fully saturated rings. The van der Waals surface area contributed by atoms with Crippen molar-refractivity contribution in [2.24, 2.45) is 0 Å². The highest BCUT2D eigenvalue weighted by Crippen LogP contribution is 2.20. The van der Waals surface area contributed by atoms with Crippen molar-refractivity contribution in [3.05, 3.63) is 29.3 Å². The van der Waals surface area contributed by atoms with Gasteiger partial charge in [-0.25, -0.2) is 8.78 Å². The third-order valence-corrected chi connectivity index (χ3v) is 2.08. The summed E-state index contributed by atoms with van der Waals surface area (Å²) in [7, 11) is 0. The molecule has 0 saturated carbocycles. The number of rotatable bonds is 0. The van der Waals surface area contributed by atoms with E-state index in [2.05, 4.69) is 10.6 Å². The summed E-state index contributed by atoms with van der Waals surface area (Å²) in [6.07, 6.45) is 0. The third-order valence-electron chi connectivity index (χ3n) is 2.08. The minimum absolute atomic E-state index is 0. The first-order valence-corrected chi connectivity index (χ1v) is 4.20. The average molecular weight is 257 g/mol. The van der Waals surface area contributed by atoms with E-state index >= 15 is 0 Å². The van der Waals surface area contributed by atoms with Gasteiger partial charge in [0.25, 0.3) is 0 Å². The van der Waals surface area contributed by atoms with Crippen molar-refractivity contribution in [1.82, 2.24) is 5.32 Å². The molecular weight excluding hydrogens is 245 g/mol. The van der Waals surface area contributed by atoms with Crippen LogP contribution in [0.4, 0.5) is 14.5 Å². The minimum Gasteiger partial charge on any atom is -0.383 e. The van der Waals surface area contributed by atoms with Gasteiger partial charge in [0.1, 0.15) is 0 Å². The van der Waals surface area contributed by atoms with E-state index in [0.29, 0.717) is 12.2 Å². The van der Waals surface area contributed by atoms with Crippen molar-refractivity contribution in [3.8, 4) is 0 Å². The van der Waals surface area contributed by atoms with E-state index in [4.69, 9.17) is 0 Å². The molecule has 1 aromatic rings. The van der Waals surface area contributed by atoms with E-state index in [0.717, 1.165) is 18.7 Å². The van der Waals surface area contributed by atoms with Crippen molar-refractivity contribution >= 4 is 30.5 Å². The van der Waals surface area contributed by atoms with Crippen LogP contribution in [0.2, 0.25) is 0 Å². The Morgan fingerprint density at radius 1 is 1.00 bits per heavy atom. The number of benzene rings is 1. The van der Waals surface area contributed by atoms with Gasteiger partial charge in [0.2, 0.25) is 0 Å². The molecule has 0 radical (unpaired) electrons. The number of nitrogens with one attached hydrogen (secondary N) is 2. The normalized spacial score (nSPS) is 13.7. The monoisotopic (exact) mass is 256 g/mol. The molecule has 0 amide bonds. The fraction of sp³-hybridized carbons (Fsp3) is 0.333. The van der Waals surface area contributed by atoms with Gasteiger partial charge in [-0.15, -0.1) is 24.8 Å². The molecule has 2 nitrogen and oxygen atoms in total. The molecule has 0 bridgehead atoms. The smallest absolute Gasteiger partial charge is 0.160 e. The molecule has 6 heteroatoms. The quantitative estimate of drug-likeness (QED) is 0.745. The molecular formula is C9H12Cl2F2N2. The van der Waals surface area contributed by atoms with Crippen LogP contribution < -0.4 is 10.6 Å². The van der Waals surface area contributed by atoms with Gasteiger partial charge in [0, 0.05) is 31.4 Å². The minimum atomic E-state index is -0.798. The summed E-state index contributed by atoms with van der Waals surface area (Å²) in [5.41, 5.74) is 1.46. The molecule has 15 heavy (non-hydrogen) atoms. The second-order valence-electron chi connectivity index (χ2n) is 3.03. The summed E-state index contributed by atoms with van der Waals surface area (Å²) < 4.78 is 25.6. The third kappa shape index (κ3) is 3.19. The Balaban J connectivity index is 0.000000980. The number of anilines is 1. The summed E-state index contributed by atoms with van der Waals surface area (Å²) >= 11 is 0. The summed E-state index contributed by atoms with van der Waals surface area (Å²) in [4.78, 5) is 0. The lowest BCUT2D eigenvalue weighted by Gasteiger charge is -2.06. The molecule has 0 aromatic heterocycles. The predicted molar refractivity (Wildman–Crippen MR) is 61.1 cm³/mol. The molecule has 0 atom stereocenters. The van der Waals surface area contributed by atoms with E-state index in [1.807, 2.05) is 0 Å². The van der Waals surface area contributed by atoms with Gasteiger partial charge in [0.05, 0.1) is 0 Å². The highest BCUT2D eigenvalue weighted by atomic mass is 35.5. The zero-order valence-electron chi connectivity index (χ0n) is 7.85. The van der Waals surface area contributed by atoms with Gasteiger partial charge >= 0.3 is 0 Å². The van der Waals surface area contributed by atoms with Crippen molar-refractivity contribution in [3.63, 3.8) is 0 Å². The molecule has 1 aliphatic heterocycles. The zero-order valence-corrected chi connectivity index (χ0v) is 9.48. The van der Waals surface area contributed by atoms with Crippen LogP contribution in [0.25, 0.3) is 0 Å². The molecule has 0 unspecified atom stereocenters. The first kappa shape index (κ1) is 14.4. The fourth-order valence-corrected chi connectivity index (χ4v) is 1.41. The standard InChI is InChI=1S/C9H10F2N2.2ClH/c10-7-3-6-5-12-1-2-13-9(6)4-8(7)11;;/h3-4,12-13H,1-2,5H2;2*1H. The molecule has 0 saturated heterocycles. The maximum atomic E-state index is 12.8. The van der Waals surface area contributed by atoms with Gasteiger partial charge in [0.15, 0.2) is 11.6 Å². The highest BCUT2D eigenvalue weighted by molar-refractivity contribution is 5.85. The molecule has 2 N–H and O–H groups in total. The first-order chi connectivity index (χ1) is 6.27. The van der Waals surface area contributed by atoms with Gasteiger partial charge in [-0.3, -0.25) is 0 Å². The summed E-state index contributed by atoms with van der Waals surface area (Å²) in [6.45, 7) is 2.12. The Morgan fingerprint density at radius 3 is 2.40 bits per heavy atom. The van der Waals surface area contributed by atoms with Crippen LogP contribution in [0.3, 0.4) is 0 Å². The van der Waals surface area contributed by atoms with Crippen molar-refractivity contribution < 1.29 is 8.78 Å². The second kappa shape index (κ2) is 6.10. The Hall–Kier alpha value is -0.580. The summed E-state index contributed by atoms with van der Waals surface area (Å²) in [6, 6.07) is 2.44. The SMILES string of the molecule is Cl.Cl.Fc1cc2c(cc1F)NCCNC2. The molecule has 1 aliphatic rings. The van der Waals surface area contributed by atoms with Crippen LogP contribution in [-0.4, -0.2) is 13.1 Å². The maximum absolute atomic E-state index is 12.8. The Labute approximate surface area is 99.3 Å². The van der Waals surface area contributed by atoms with Gasteiger partial charge < -0.3 is 10.6 Å². The lowest BCUT2D eigenvalue weighted by Crippen LogP contribution is -2.16. The highest BCUT2D eigenvalue weighted by Gasteiger charge is 2.11. The second-order valence-corrected chi connectivity index (χ2v) is 3.03. The maximum Gasteiger partial charge on any atom is 0.160 e. The number of hydrogen-bond donors (Lipinski definition) is 2. The molecule has 1 aromatic carbocycles. The van der Waals surface area contributed by atoms with Crippen molar-refractivity contribution in [2.45, 2.75) is 6.54 Å². The fourth-order valence-electron chi connectivity index (χ4n) is 1.41. The average Bonchev–Trinajstić information content (AvgIpc) is 2.31. The lowest BCUT2D eigenvalue weighted by molar-refractivity contribution is 0.507. The van der Waals surface area contributed by atoms with Crippen molar-refractivity contribution in [2.75, 3.05) is 18.4 Å². The van der Waals surface area contributed by atoms with E-state index in [-0.39, 0.29) is 24.8 Å². The predicted octanol–water partition coefficient (Wildman–Crippen LogP) is 2.32. The van der Waals surface area contributed by atoms with Gasteiger partial charge in [-0.2, -0.15) is 0 Å². The van der Waals surface area contributed by atoms with Crippen LogP contribution in [0.15, 0.2) is 12.1 Å². The Kier molecular flexibility index (Phi) is 5.87. The summed E-state index contributed by atoms with van der Waals surface area (Å²) in [5, 5.41) is 6.12. The Bertz CT molecular complexity index is 303. The van der Waals surface area contributed by atoms with Crippen LogP contribution in [0, 0.1) is 11.6 Å². The van der Waals surface area contributed by atoms with Crippen LogP contribution in [0.5, 0.6) is 0 Å². The number of halogens is 4. The largest absolute Gasteiger partial charge is 0.383 e. The summed E-state index contributed by atoms with van der Waals surface area (Å²) in [5.74, 6) is -1.59. The first-order valence-electron chi connectivity index (χ1n) is 4.20. The van der Waals surface area contributed by atoms with Crippen LogP contribution in [-0.2, 0) is 6.54 Å². The molecule has 86 valence electrons. The van der Waals surface area contributed by atoms with E-state index in [1.54, 1.807) is 0 Å². The van der Waals surface area contributed by atoms with Crippen LogP contribution >= 0.6 is 24.8 Å². The molecule has 0 aliphatic carbocycles. The van der Waals surface area contributed by atoms with E-state index < -0.39 is 11.6 Å². The number of hydrogen-bond acceptors (Lipinski definition) is 2. The zero-order chi connectivity index (χ0) is 9.26.